The fraction of sp³-hybridized carbons (Fsp3) is 0.389. The summed E-state index contributed by atoms with van der Waals surface area (Å²) in [6.45, 7) is 5.39. The van der Waals surface area contributed by atoms with Crippen molar-refractivity contribution in [1.29, 1.82) is 0 Å². The van der Waals surface area contributed by atoms with Gasteiger partial charge in [0.2, 0.25) is 0 Å². The van der Waals surface area contributed by atoms with Crippen LogP contribution >= 0.6 is 0 Å². The monoisotopic (exact) mass is 268 g/mol. The first-order valence-corrected chi connectivity index (χ1v) is 7.49. The first-order chi connectivity index (χ1) is 9.79. The Bertz CT molecular complexity index is 491. The molecular formula is C18H24N2. The fourth-order valence-electron chi connectivity index (χ4n) is 2.34. The number of aryl methyl sites for hydroxylation is 2. The zero-order chi connectivity index (χ0) is 14.2. The molecule has 20 heavy (non-hydrogen) atoms. The average Bonchev–Trinajstić information content (AvgIpc) is 2.50. The van der Waals surface area contributed by atoms with Crippen molar-refractivity contribution in [3.05, 3.63) is 65.5 Å². The lowest BCUT2D eigenvalue weighted by Gasteiger charge is -2.19. The van der Waals surface area contributed by atoms with Crippen LogP contribution in [-0.4, -0.2) is 11.5 Å². The number of aromatic nitrogens is 1. The van der Waals surface area contributed by atoms with Crippen molar-refractivity contribution in [2.45, 2.75) is 39.2 Å². The van der Waals surface area contributed by atoms with Crippen LogP contribution in [-0.2, 0) is 6.42 Å². The Balaban J connectivity index is 2.01. The molecule has 0 saturated heterocycles. The third-order valence-corrected chi connectivity index (χ3v) is 3.54. The van der Waals surface area contributed by atoms with Crippen LogP contribution < -0.4 is 5.32 Å². The van der Waals surface area contributed by atoms with Crippen LogP contribution in [0.3, 0.4) is 0 Å². The summed E-state index contributed by atoms with van der Waals surface area (Å²) >= 11 is 0. The van der Waals surface area contributed by atoms with Gasteiger partial charge in [0.1, 0.15) is 0 Å². The molecule has 2 heteroatoms. The fourth-order valence-corrected chi connectivity index (χ4v) is 2.34. The smallest absolute Gasteiger partial charge is 0.0404 e. The van der Waals surface area contributed by atoms with Gasteiger partial charge in [0.05, 0.1) is 0 Å². The second-order valence-electron chi connectivity index (χ2n) is 5.28. The highest BCUT2D eigenvalue weighted by atomic mass is 14.9. The molecule has 2 rings (SSSR count). The van der Waals surface area contributed by atoms with Crippen LogP contribution in [0.2, 0.25) is 0 Å². The first kappa shape index (κ1) is 14.7. The van der Waals surface area contributed by atoms with Crippen molar-refractivity contribution < 1.29 is 0 Å². The first-order valence-electron chi connectivity index (χ1n) is 7.49. The Labute approximate surface area is 122 Å². The van der Waals surface area contributed by atoms with E-state index in [1.54, 1.807) is 0 Å². The second-order valence-corrected chi connectivity index (χ2v) is 5.28. The summed E-state index contributed by atoms with van der Waals surface area (Å²) in [5, 5.41) is 3.65. The molecule has 0 fully saturated rings. The zero-order valence-corrected chi connectivity index (χ0v) is 12.5. The van der Waals surface area contributed by atoms with Gasteiger partial charge in [-0.15, -0.1) is 0 Å². The predicted octanol–water partition coefficient (Wildman–Crippen LogP) is 4.06. The molecule has 0 radical (unpaired) electrons. The highest BCUT2D eigenvalue weighted by molar-refractivity contribution is 5.24. The normalized spacial score (nSPS) is 12.3. The molecular weight excluding hydrogens is 244 g/mol. The highest BCUT2D eigenvalue weighted by Crippen LogP contribution is 2.19. The summed E-state index contributed by atoms with van der Waals surface area (Å²) in [4.78, 5) is 4.41. The van der Waals surface area contributed by atoms with Gasteiger partial charge >= 0.3 is 0 Å². The summed E-state index contributed by atoms with van der Waals surface area (Å²) in [5.41, 5.74) is 3.86. The van der Waals surface area contributed by atoms with E-state index in [9.17, 15) is 0 Å². The minimum Gasteiger partial charge on any atom is -0.310 e. The molecule has 2 nitrogen and oxygen atoms in total. The molecule has 0 spiro atoms. The van der Waals surface area contributed by atoms with Crippen molar-refractivity contribution in [3.63, 3.8) is 0 Å². The number of nitrogens with one attached hydrogen (secondary N) is 1. The topological polar surface area (TPSA) is 24.9 Å². The molecule has 0 aliphatic rings. The average molecular weight is 268 g/mol. The SMILES string of the molecule is CCCNC(CCc1ccccn1)c1ccc(C)cc1. The van der Waals surface area contributed by atoms with Crippen molar-refractivity contribution in [3.8, 4) is 0 Å². The van der Waals surface area contributed by atoms with Gasteiger partial charge in [0, 0.05) is 17.9 Å². The van der Waals surface area contributed by atoms with Crippen LogP contribution in [0.1, 0.15) is 42.6 Å². The second kappa shape index (κ2) is 7.81. The number of benzene rings is 1. The Kier molecular flexibility index (Phi) is 5.75. The minimum atomic E-state index is 0.414. The summed E-state index contributed by atoms with van der Waals surface area (Å²) < 4.78 is 0. The summed E-state index contributed by atoms with van der Waals surface area (Å²) in [5.74, 6) is 0. The van der Waals surface area contributed by atoms with E-state index in [0.29, 0.717) is 6.04 Å². The van der Waals surface area contributed by atoms with Crippen molar-refractivity contribution in [2.75, 3.05) is 6.54 Å². The van der Waals surface area contributed by atoms with Crippen molar-refractivity contribution in [2.24, 2.45) is 0 Å². The van der Waals surface area contributed by atoms with E-state index < -0.39 is 0 Å². The lowest BCUT2D eigenvalue weighted by molar-refractivity contribution is 0.497. The molecule has 1 unspecified atom stereocenters. The molecule has 2 aromatic rings. The minimum absolute atomic E-state index is 0.414. The van der Waals surface area contributed by atoms with Gasteiger partial charge in [-0.05, 0) is 50.4 Å². The Morgan fingerprint density at radius 1 is 1.10 bits per heavy atom. The van der Waals surface area contributed by atoms with Crippen LogP contribution in [0.4, 0.5) is 0 Å². The van der Waals surface area contributed by atoms with Gasteiger partial charge in [-0.1, -0.05) is 42.8 Å². The maximum atomic E-state index is 4.41. The molecule has 1 atom stereocenters. The van der Waals surface area contributed by atoms with Crippen LogP contribution in [0.25, 0.3) is 0 Å². The van der Waals surface area contributed by atoms with E-state index in [-0.39, 0.29) is 0 Å². The van der Waals surface area contributed by atoms with Crippen LogP contribution in [0.15, 0.2) is 48.7 Å². The molecule has 1 aromatic heterocycles. The summed E-state index contributed by atoms with van der Waals surface area (Å²) in [7, 11) is 0. The number of hydrogen-bond acceptors (Lipinski definition) is 2. The molecule has 1 aromatic carbocycles. The standard InChI is InChI=1S/C18H24N2/c1-3-13-20-18(16-9-7-15(2)8-10-16)12-11-17-6-4-5-14-19-17/h4-10,14,18,20H,3,11-13H2,1-2H3. The van der Waals surface area contributed by atoms with E-state index in [1.807, 2.05) is 12.3 Å². The zero-order valence-electron chi connectivity index (χ0n) is 12.5. The van der Waals surface area contributed by atoms with Gasteiger partial charge < -0.3 is 5.32 Å². The van der Waals surface area contributed by atoms with E-state index in [1.165, 1.54) is 16.8 Å². The van der Waals surface area contributed by atoms with Gasteiger partial charge in [0.25, 0.3) is 0 Å². The number of nitrogens with zero attached hydrogens (tertiary/aromatic N) is 1. The summed E-state index contributed by atoms with van der Waals surface area (Å²) in [6, 6.07) is 15.4. The third-order valence-electron chi connectivity index (χ3n) is 3.54. The van der Waals surface area contributed by atoms with Crippen LogP contribution in [0, 0.1) is 6.92 Å². The quantitative estimate of drug-likeness (QED) is 0.819. The number of rotatable bonds is 7. The third kappa shape index (κ3) is 4.46. The maximum absolute atomic E-state index is 4.41. The molecule has 1 N–H and O–H groups in total. The highest BCUT2D eigenvalue weighted by Gasteiger charge is 2.10. The molecule has 0 amide bonds. The van der Waals surface area contributed by atoms with Crippen molar-refractivity contribution in [1.82, 2.24) is 10.3 Å². The lowest BCUT2D eigenvalue weighted by atomic mass is 9.99. The molecule has 0 bridgehead atoms. The van der Waals surface area contributed by atoms with E-state index in [0.717, 1.165) is 25.8 Å². The largest absolute Gasteiger partial charge is 0.310 e. The molecule has 0 aliphatic heterocycles. The Morgan fingerprint density at radius 2 is 1.90 bits per heavy atom. The number of hydrogen-bond donors (Lipinski definition) is 1. The van der Waals surface area contributed by atoms with E-state index in [4.69, 9.17) is 0 Å². The summed E-state index contributed by atoms with van der Waals surface area (Å²) in [6.07, 6.45) is 5.12. The van der Waals surface area contributed by atoms with Gasteiger partial charge in [-0.2, -0.15) is 0 Å². The Hall–Kier alpha value is -1.67. The lowest BCUT2D eigenvalue weighted by Crippen LogP contribution is -2.22. The number of pyridine rings is 1. The van der Waals surface area contributed by atoms with Gasteiger partial charge in [-0.25, -0.2) is 0 Å². The molecule has 0 aliphatic carbocycles. The van der Waals surface area contributed by atoms with Crippen molar-refractivity contribution >= 4 is 0 Å². The van der Waals surface area contributed by atoms with Gasteiger partial charge in [-0.3, -0.25) is 4.98 Å². The molecule has 0 saturated carbocycles. The van der Waals surface area contributed by atoms with E-state index >= 15 is 0 Å². The molecule has 106 valence electrons. The molecule has 1 heterocycles. The predicted molar refractivity (Wildman–Crippen MR) is 84.8 cm³/mol. The van der Waals surface area contributed by atoms with E-state index in [2.05, 4.69) is 60.5 Å². The Morgan fingerprint density at radius 3 is 2.55 bits per heavy atom. The van der Waals surface area contributed by atoms with Gasteiger partial charge in [0.15, 0.2) is 0 Å². The maximum Gasteiger partial charge on any atom is 0.0404 e. The van der Waals surface area contributed by atoms with Crippen LogP contribution in [0.5, 0.6) is 0 Å².